The Hall–Kier alpha value is -2.05. The van der Waals surface area contributed by atoms with Crippen LogP contribution in [-0.2, 0) is 13.6 Å². The first kappa shape index (κ1) is 13.4. The number of nitrogens with zero attached hydrogens (tertiary/aromatic N) is 2. The number of aryl methyl sites for hydroxylation is 2. The van der Waals surface area contributed by atoms with Gasteiger partial charge in [-0.1, -0.05) is 30.0 Å². The topological polar surface area (TPSA) is 29.9 Å². The molecule has 0 radical (unpaired) electrons. The number of hydrogen-bond acceptors (Lipinski definition) is 2. The van der Waals surface area contributed by atoms with Crippen molar-refractivity contribution in [1.82, 2.24) is 15.1 Å². The van der Waals surface area contributed by atoms with Gasteiger partial charge in [-0.2, -0.15) is 5.10 Å². The molecular formula is C16H19N3. The Morgan fingerprint density at radius 1 is 1.21 bits per heavy atom. The van der Waals surface area contributed by atoms with Crippen LogP contribution in [0.5, 0.6) is 0 Å². The third kappa shape index (κ3) is 3.46. The summed E-state index contributed by atoms with van der Waals surface area (Å²) >= 11 is 0. The molecule has 0 bridgehead atoms. The summed E-state index contributed by atoms with van der Waals surface area (Å²) in [7, 11) is 1.97. The van der Waals surface area contributed by atoms with E-state index in [4.69, 9.17) is 0 Å². The van der Waals surface area contributed by atoms with E-state index in [0.717, 1.165) is 17.8 Å². The minimum absolute atomic E-state index is 0.683. The average Bonchev–Trinajstić information content (AvgIpc) is 2.65. The van der Waals surface area contributed by atoms with Crippen LogP contribution in [0.1, 0.15) is 22.5 Å². The van der Waals surface area contributed by atoms with Crippen molar-refractivity contribution in [3.05, 3.63) is 52.8 Å². The van der Waals surface area contributed by atoms with Gasteiger partial charge in [0, 0.05) is 30.4 Å². The summed E-state index contributed by atoms with van der Waals surface area (Å²) in [6.45, 7) is 5.63. The van der Waals surface area contributed by atoms with Crippen molar-refractivity contribution in [2.24, 2.45) is 7.05 Å². The van der Waals surface area contributed by atoms with Crippen LogP contribution in [0.2, 0.25) is 0 Å². The third-order valence-electron chi connectivity index (χ3n) is 3.18. The molecule has 3 nitrogen and oxygen atoms in total. The quantitative estimate of drug-likeness (QED) is 0.671. The molecule has 2 aromatic rings. The maximum absolute atomic E-state index is 4.40. The Labute approximate surface area is 114 Å². The van der Waals surface area contributed by atoms with Gasteiger partial charge in [0.25, 0.3) is 0 Å². The molecule has 0 atom stereocenters. The SMILES string of the molecule is Cc1nn(C)c(C)c1CNCC#Cc1ccccc1. The Kier molecular flexibility index (Phi) is 4.38. The summed E-state index contributed by atoms with van der Waals surface area (Å²) < 4.78 is 1.92. The van der Waals surface area contributed by atoms with Crippen LogP contribution in [0.15, 0.2) is 30.3 Å². The normalized spacial score (nSPS) is 10.1. The Morgan fingerprint density at radius 3 is 2.58 bits per heavy atom. The van der Waals surface area contributed by atoms with Gasteiger partial charge in [-0.3, -0.25) is 4.68 Å². The van der Waals surface area contributed by atoms with Crippen LogP contribution in [0.3, 0.4) is 0 Å². The second kappa shape index (κ2) is 6.21. The van der Waals surface area contributed by atoms with Crippen molar-refractivity contribution in [3.63, 3.8) is 0 Å². The van der Waals surface area contributed by atoms with Crippen LogP contribution >= 0.6 is 0 Å². The standard InChI is InChI=1S/C16H19N3/c1-13-16(14(2)19(3)18-13)12-17-11-7-10-15-8-5-4-6-9-15/h4-6,8-9,17H,11-12H2,1-3H3. The van der Waals surface area contributed by atoms with E-state index in [1.54, 1.807) is 0 Å². The molecule has 0 aliphatic carbocycles. The zero-order chi connectivity index (χ0) is 13.7. The fourth-order valence-corrected chi connectivity index (χ4v) is 1.99. The lowest BCUT2D eigenvalue weighted by molar-refractivity contribution is 0.724. The van der Waals surface area contributed by atoms with E-state index >= 15 is 0 Å². The molecule has 1 heterocycles. The van der Waals surface area contributed by atoms with Crippen molar-refractivity contribution < 1.29 is 0 Å². The number of rotatable bonds is 3. The second-order valence-electron chi connectivity index (χ2n) is 4.54. The van der Waals surface area contributed by atoms with Crippen molar-refractivity contribution in [2.45, 2.75) is 20.4 Å². The predicted molar refractivity (Wildman–Crippen MR) is 77.7 cm³/mol. The van der Waals surface area contributed by atoms with E-state index in [1.165, 1.54) is 11.3 Å². The van der Waals surface area contributed by atoms with Gasteiger partial charge in [-0.25, -0.2) is 0 Å². The van der Waals surface area contributed by atoms with E-state index in [2.05, 4.69) is 29.2 Å². The highest BCUT2D eigenvalue weighted by Gasteiger charge is 2.07. The molecule has 0 saturated heterocycles. The molecule has 0 spiro atoms. The van der Waals surface area contributed by atoms with Crippen LogP contribution in [-0.4, -0.2) is 16.3 Å². The van der Waals surface area contributed by atoms with E-state index in [1.807, 2.05) is 49.0 Å². The van der Waals surface area contributed by atoms with Crippen LogP contribution in [0.4, 0.5) is 0 Å². The summed E-state index contributed by atoms with van der Waals surface area (Å²) in [5, 5.41) is 7.74. The van der Waals surface area contributed by atoms with Crippen molar-refractivity contribution in [3.8, 4) is 11.8 Å². The Morgan fingerprint density at radius 2 is 1.95 bits per heavy atom. The molecular weight excluding hydrogens is 234 g/mol. The maximum Gasteiger partial charge on any atom is 0.0641 e. The van der Waals surface area contributed by atoms with E-state index in [9.17, 15) is 0 Å². The summed E-state index contributed by atoms with van der Waals surface area (Å²) in [6, 6.07) is 10.0. The molecule has 2 rings (SSSR count). The summed E-state index contributed by atoms with van der Waals surface area (Å²) in [5.41, 5.74) is 4.62. The smallest absolute Gasteiger partial charge is 0.0641 e. The monoisotopic (exact) mass is 253 g/mol. The molecule has 0 aliphatic heterocycles. The lowest BCUT2D eigenvalue weighted by Crippen LogP contribution is -2.14. The molecule has 1 aromatic heterocycles. The van der Waals surface area contributed by atoms with E-state index < -0.39 is 0 Å². The van der Waals surface area contributed by atoms with E-state index in [-0.39, 0.29) is 0 Å². The molecule has 0 aliphatic rings. The van der Waals surface area contributed by atoms with Crippen LogP contribution in [0, 0.1) is 25.7 Å². The highest BCUT2D eigenvalue weighted by atomic mass is 15.3. The maximum atomic E-state index is 4.40. The number of aromatic nitrogens is 2. The second-order valence-corrected chi connectivity index (χ2v) is 4.54. The average molecular weight is 253 g/mol. The summed E-state index contributed by atoms with van der Waals surface area (Å²) in [5.74, 6) is 6.26. The molecule has 98 valence electrons. The number of hydrogen-bond donors (Lipinski definition) is 1. The zero-order valence-corrected chi connectivity index (χ0v) is 11.7. The molecule has 1 aromatic carbocycles. The fourth-order valence-electron chi connectivity index (χ4n) is 1.99. The number of nitrogens with one attached hydrogen (secondary N) is 1. The first-order valence-electron chi connectivity index (χ1n) is 6.42. The van der Waals surface area contributed by atoms with E-state index in [0.29, 0.717) is 6.54 Å². The van der Waals surface area contributed by atoms with Crippen molar-refractivity contribution in [1.29, 1.82) is 0 Å². The third-order valence-corrected chi connectivity index (χ3v) is 3.18. The van der Waals surface area contributed by atoms with Gasteiger partial charge in [0.05, 0.1) is 12.2 Å². The van der Waals surface area contributed by atoms with Gasteiger partial charge < -0.3 is 5.32 Å². The Balaban J connectivity index is 1.86. The van der Waals surface area contributed by atoms with Gasteiger partial charge >= 0.3 is 0 Å². The molecule has 3 heteroatoms. The van der Waals surface area contributed by atoms with Gasteiger partial charge in [0.1, 0.15) is 0 Å². The van der Waals surface area contributed by atoms with Crippen molar-refractivity contribution in [2.75, 3.05) is 6.54 Å². The molecule has 19 heavy (non-hydrogen) atoms. The minimum Gasteiger partial charge on any atom is -0.302 e. The molecule has 0 amide bonds. The van der Waals surface area contributed by atoms with Gasteiger partial charge in [-0.15, -0.1) is 0 Å². The molecule has 0 fully saturated rings. The highest BCUT2D eigenvalue weighted by molar-refractivity contribution is 5.33. The lowest BCUT2D eigenvalue weighted by atomic mass is 10.2. The summed E-state index contributed by atoms with van der Waals surface area (Å²) in [4.78, 5) is 0. The largest absolute Gasteiger partial charge is 0.302 e. The van der Waals surface area contributed by atoms with Gasteiger partial charge in [0.15, 0.2) is 0 Å². The first-order valence-corrected chi connectivity index (χ1v) is 6.42. The number of benzene rings is 1. The fraction of sp³-hybridized carbons (Fsp3) is 0.312. The Bertz CT molecular complexity index is 600. The minimum atomic E-state index is 0.683. The van der Waals surface area contributed by atoms with Crippen molar-refractivity contribution >= 4 is 0 Å². The van der Waals surface area contributed by atoms with Gasteiger partial charge in [0.2, 0.25) is 0 Å². The zero-order valence-electron chi connectivity index (χ0n) is 11.7. The molecule has 0 saturated carbocycles. The molecule has 1 N–H and O–H groups in total. The summed E-state index contributed by atoms with van der Waals surface area (Å²) in [6.07, 6.45) is 0. The van der Waals surface area contributed by atoms with Crippen LogP contribution in [0.25, 0.3) is 0 Å². The predicted octanol–water partition coefficient (Wildman–Crippen LogP) is 2.18. The first-order chi connectivity index (χ1) is 9.18. The lowest BCUT2D eigenvalue weighted by Gasteiger charge is -2.01. The molecule has 0 unspecified atom stereocenters. The van der Waals surface area contributed by atoms with Gasteiger partial charge in [-0.05, 0) is 26.0 Å². The highest BCUT2D eigenvalue weighted by Crippen LogP contribution is 2.10. The van der Waals surface area contributed by atoms with Crippen LogP contribution < -0.4 is 5.32 Å².